The molecule has 3 heterocycles. The van der Waals surface area contributed by atoms with E-state index < -0.39 is 0 Å². The summed E-state index contributed by atoms with van der Waals surface area (Å²) in [4.78, 5) is 23.2. The summed E-state index contributed by atoms with van der Waals surface area (Å²) in [5, 5.41) is 1.20. The molecule has 128 valence electrons. The number of likely N-dealkylation sites (tertiary alicyclic amines) is 1. The summed E-state index contributed by atoms with van der Waals surface area (Å²) >= 11 is 0. The maximum atomic E-state index is 12.5. The second kappa shape index (κ2) is 6.67. The van der Waals surface area contributed by atoms with Gasteiger partial charge in [-0.2, -0.15) is 0 Å². The average Bonchev–Trinajstić information content (AvgIpc) is 3.08. The maximum absolute atomic E-state index is 12.5. The minimum absolute atomic E-state index is 0.0471. The summed E-state index contributed by atoms with van der Waals surface area (Å²) in [6.07, 6.45) is 8.41. The SMILES string of the molecule is Cn1cnc(C(=O)N2CCC(Cc3cccc4cccnc34)CC2)c1. The van der Waals surface area contributed by atoms with Gasteiger partial charge in [-0.15, -0.1) is 0 Å². The Morgan fingerprint density at radius 1 is 1.16 bits per heavy atom. The number of rotatable bonds is 3. The first kappa shape index (κ1) is 15.8. The van der Waals surface area contributed by atoms with Gasteiger partial charge in [-0.25, -0.2) is 4.98 Å². The molecule has 1 fully saturated rings. The Balaban J connectivity index is 1.41. The lowest BCUT2D eigenvalue weighted by Crippen LogP contribution is -2.39. The zero-order chi connectivity index (χ0) is 17.2. The molecule has 0 unspecified atom stereocenters. The summed E-state index contributed by atoms with van der Waals surface area (Å²) < 4.78 is 1.81. The van der Waals surface area contributed by atoms with E-state index in [0.717, 1.165) is 37.9 Å². The number of piperidine rings is 1. The van der Waals surface area contributed by atoms with Crippen molar-refractivity contribution >= 4 is 16.8 Å². The molecule has 1 saturated heterocycles. The molecular formula is C20H22N4O. The van der Waals surface area contributed by atoms with E-state index in [-0.39, 0.29) is 5.91 Å². The van der Waals surface area contributed by atoms with Crippen LogP contribution in [0.2, 0.25) is 0 Å². The average molecular weight is 334 g/mol. The van der Waals surface area contributed by atoms with Crippen LogP contribution in [0.25, 0.3) is 10.9 Å². The van der Waals surface area contributed by atoms with Crippen LogP contribution in [0.5, 0.6) is 0 Å². The molecule has 1 amide bonds. The molecule has 1 aromatic carbocycles. The van der Waals surface area contributed by atoms with Gasteiger partial charge in [-0.3, -0.25) is 9.78 Å². The standard InChI is InChI=1S/C20H22N4O/c1-23-13-18(22-14-23)20(25)24-10-7-15(8-11-24)12-17-5-2-4-16-6-3-9-21-19(16)17/h2-6,9,13-15H,7-8,10-12H2,1H3. The van der Waals surface area contributed by atoms with E-state index in [1.807, 2.05) is 28.8 Å². The Kier molecular flexibility index (Phi) is 4.22. The highest BCUT2D eigenvalue weighted by Crippen LogP contribution is 2.25. The fraction of sp³-hybridized carbons (Fsp3) is 0.350. The molecular weight excluding hydrogens is 312 g/mol. The highest BCUT2D eigenvalue weighted by atomic mass is 16.2. The molecule has 0 atom stereocenters. The minimum Gasteiger partial charge on any atom is -0.340 e. The van der Waals surface area contributed by atoms with Gasteiger partial charge in [0, 0.05) is 37.9 Å². The van der Waals surface area contributed by atoms with E-state index in [1.165, 1.54) is 10.9 Å². The summed E-state index contributed by atoms with van der Waals surface area (Å²) in [5.74, 6) is 0.645. The normalized spacial score (nSPS) is 15.6. The van der Waals surface area contributed by atoms with Crippen LogP contribution in [0.1, 0.15) is 28.9 Å². The number of nitrogens with zero attached hydrogens (tertiary/aromatic N) is 4. The van der Waals surface area contributed by atoms with Crippen molar-refractivity contribution in [2.24, 2.45) is 13.0 Å². The van der Waals surface area contributed by atoms with Crippen LogP contribution in [0.3, 0.4) is 0 Å². The van der Waals surface area contributed by atoms with Crippen molar-refractivity contribution in [3.63, 3.8) is 0 Å². The third-order valence-electron chi connectivity index (χ3n) is 5.05. The van der Waals surface area contributed by atoms with E-state index in [0.29, 0.717) is 11.6 Å². The molecule has 0 radical (unpaired) electrons. The summed E-state index contributed by atoms with van der Waals surface area (Å²) in [5.41, 5.74) is 2.96. The molecule has 1 aliphatic heterocycles. The van der Waals surface area contributed by atoms with E-state index >= 15 is 0 Å². The zero-order valence-corrected chi connectivity index (χ0v) is 14.4. The second-order valence-electron chi connectivity index (χ2n) is 6.86. The minimum atomic E-state index is 0.0471. The van der Waals surface area contributed by atoms with Crippen molar-refractivity contribution in [1.82, 2.24) is 19.4 Å². The summed E-state index contributed by atoms with van der Waals surface area (Å²) in [7, 11) is 1.88. The number of amides is 1. The summed E-state index contributed by atoms with van der Waals surface area (Å²) in [6, 6.07) is 10.5. The van der Waals surface area contributed by atoms with Crippen molar-refractivity contribution < 1.29 is 4.79 Å². The third-order valence-corrected chi connectivity index (χ3v) is 5.05. The maximum Gasteiger partial charge on any atom is 0.274 e. The number of hydrogen-bond acceptors (Lipinski definition) is 3. The molecule has 0 bridgehead atoms. The molecule has 0 saturated carbocycles. The number of benzene rings is 1. The first-order valence-corrected chi connectivity index (χ1v) is 8.80. The lowest BCUT2D eigenvalue weighted by atomic mass is 9.89. The van der Waals surface area contributed by atoms with E-state index in [4.69, 9.17) is 0 Å². The molecule has 1 aliphatic rings. The number of aryl methyl sites for hydroxylation is 1. The van der Waals surface area contributed by atoms with Gasteiger partial charge in [0.1, 0.15) is 5.69 Å². The van der Waals surface area contributed by atoms with Crippen LogP contribution in [0.4, 0.5) is 0 Å². The Morgan fingerprint density at radius 2 is 1.96 bits per heavy atom. The van der Waals surface area contributed by atoms with Crippen molar-refractivity contribution in [3.8, 4) is 0 Å². The van der Waals surface area contributed by atoms with Gasteiger partial charge < -0.3 is 9.47 Å². The number of aromatic nitrogens is 3. The van der Waals surface area contributed by atoms with Crippen LogP contribution in [-0.4, -0.2) is 38.4 Å². The van der Waals surface area contributed by atoms with Gasteiger partial charge in [0.15, 0.2) is 0 Å². The molecule has 0 N–H and O–H groups in total. The largest absolute Gasteiger partial charge is 0.340 e. The Hall–Kier alpha value is -2.69. The lowest BCUT2D eigenvalue weighted by molar-refractivity contribution is 0.0685. The molecule has 0 spiro atoms. The Labute approximate surface area is 147 Å². The molecule has 25 heavy (non-hydrogen) atoms. The molecule has 4 rings (SSSR count). The Morgan fingerprint density at radius 3 is 2.72 bits per heavy atom. The number of para-hydroxylation sites is 1. The number of imidazole rings is 1. The molecule has 5 heteroatoms. The quantitative estimate of drug-likeness (QED) is 0.740. The van der Waals surface area contributed by atoms with E-state index in [9.17, 15) is 4.79 Å². The predicted octanol–water partition coefficient (Wildman–Crippen LogP) is 3.06. The second-order valence-corrected chi connectivity index (χ2v) is 6.86. The topological polar surface area (TPSA) is 51.0 Å². The Bertz CT molecular complexity index is 888. The van der Waals surface area contributed by atoms with Crippen LogP contribution in [-0.2, 0) is 13.5 Å². The van der Waals surface area contributed by atoms with Crippen molar-refractivity contribution in [2.45, 2.75) is 19.3 Å². The number of fused-ring (bicyclic) bond motifs is 1. The van der Waals surface area contributed by atoms with Crippen molar-refractivity contribution in [2.75, 3.05) is 13.1 Å². The predicted molar refractivity (Wildman–Crippen MR) is 97.3 cm³/mol. The number of hydrogen-bond donors (Lipinski definition) is 0. The van der Waals surface area contributed by atoms with Crippen molar-refractivity contribution in [3.05, 3.63) is 60.3 Å². The fourth-order valence-corrected chi connectivity index (χ4v) is 3.67. The molecule has 2 aromatic heterocycles. The lowest BCUT2D eigenvalue weighted by Gasteiger charge is -2.31. The number of carbonyl (C=O) groups excluding carboxylic acids is 1. The molecule has 5 nitrogen and oxygen atoms in total. The van der Waals surface area contributed by atoms with Gasteiger partial charge in [-0.1, -0.05) is 24.3 Å². The number of pyridine rings is 1. The first-order valence-electron chi connectivity index (χ1n) is 8.80. The van der Waals surface area contributed by atoms with Gasteiger partial charge >= 0.3 is 0 Å². The van der Waals surface area contributed by atoms with Crippen LogP contribution >= 0.6 is 0 Å². The highest BCUT2D eigenvalue weighted by molar-refractivity contribution is 5.92. The first-order chi connectivity index (χ1) is 12.2. The van der Waals surface area contributed by atoms with Gasteiger partial charge in [-0.05, 0) is 36.8 Å². The van der Waals surface area contributed by atoms with Crippen LogP contribution < -0.4 is 0 Å². The molecule has 3 aromatic rings. The monoisotopic (exact) mass is 334 g/mol. The van der Waals surface area contributed by atoms with Crippen LogP contribution in [0.15, 0.2) is 49.1 Å². The smallest absolute Gasteiger partial charge is 0.274 e. The van der Waals surface area contributed by atoms with Gasteiger partial charge in [0.05, 0.1) is 11.8 Å². The zero-order valence-electron chi connectivity index (χ0n) is 14.4. The van der Waals surface area contributed by atoms with E-state index in [2.05, 4.69) is 34.2 Å². The highest BCUT2D eigenvalue weighted by Gasteiger charge is 2.25. The summed E-state index contributed by atoms with van der Waals surface area (Å²) in [6.45, 7) is 1.61. The third kappa shape index (κ3) is 3.27. The van der Waals surface area contributed by atoms with Crippen molar-refractivity contribution in [1.29, 1.82) is 0 Å². The van der Waals surface area contributed by atoms with E-state index in [1.54, 1.807) is 12.5 Å². The van der Waals surface area contributed by atoms with Gasteiger partial charge in [0.25, 0.3) is 5.91 Å². The number of carbonyl (C=O) groups is 1. The fourth-order valence-electron chi connectivity index (χ4n) is 3.67. The molecule has 0 aliphatic carbocycles. The van der Waals surface area contributed by atoms with Gasteiger partial charge in [0.2, 0.25) is 0 Å². The van der Waals surface area contributed by atoms with Crippen LogP contribution in [0, 0.1) is 5.92 Å².